The molecular formula is C12H16Cl3FN2. The van der Waals surface area contributed by atoms with Gasteiger partial charge in [-0.3, -0.25) is 4.90 Å². The lowest BCUT2D eigenvalue weighted by Gasteiger charge is -2.33. The van der Waals surface area contributed by atoms with E-state index in [1.165, 1.54) is 12.1 Å². The third-order valence-corrected chi connectivity index (χ3v) is 4.02. The van der Waals surface area contributed by atoms with Gasteiger partial charge >= 0.3 is 0 Å². The molecule has 1 aliphatic rings. The van der Waals surface area contributed by atoms with E-state index in [9.17, 15) is 4.39 Å². The van der Waals surface area contributed by atoms with Gasteiger partial charge in [0.15, 0.2) is 0 Å². The van der Waals surface area contributed by atoms with Gasteiger partial charge in [0.05, 0.1) is 10.0 Å². The molecule has 1 saturated heterocycles. The summed E-state index contributed by atoms with van der Waals surface area (Å²) in [6, 6.07) is 2.82. The molecule has 0 aromatic heterocycles. The molecule has 18 heavy (non-hydrogen) atoms. The summed E-state index contributed by atoms with van der Waals surface area (Å²) in [5, 5.41) is 4.01. The van der Waals surface area contributed by atoms with Crippen molar-refractivity contribution in [1.82, 2.24) is 10.2 Å². The Morgan fingerprint density at radius 1 is 1.28 bits per heavy atom. The molecule has 1 aliphatic heterocycles. The van der Waals surface area contributed by atoms with Crippen LogP contribution in [0.15, 0.2) is 12.1 Å². The van der Waals surface area contributed by atoms with Crippen molar-refractivity contribution in [1.29, 1.82) is 0 Å². The third kappa shape index (κ3) is 3.28. The van der Waals surface area contributed by atoms with E-state index in [4.69, 9.17) is 23.2 Å². The summed E-state index contributed by atoms with van der Waals surface area (Å²) in [5.74, 6) is -0.287. The Bertz CT molecular complexity index is 409. The van der Waals surface area contributed by atoms with Gasteiger partial charge in [0, 0.05) is 37.8 Å². The lowest BCUT2D eigenvalue weighted by molar-refractivity contribution is 0.182. The molecule has 0 saturated carbocycles. The van der Waals surface area contributed by atoms with Crippen LogP contribution in [-0.4, -0.2) is 31.1 Å². The van der Waals surface area contributed by atoms with Crippen molar-refractivity contribution in [2.75, 3.05) is 26.2 Å². The van der Waals surface area contributed by atoms with Crippen LogP contribution in [0.2, 0.25) is 10.0 Å². The second-order valence-corrected chi connectivity index (χ2v) is 5.00. The summed E-state index contributed by atoms with van der Waals surface area (Å²) in [6.07, 6.45) is 0. The molecule has 0 amide bonds. The van der Waals surface area contributed by atoms with Crippen molar-refractivity contribution >= 4 is 35.6 Å². The first kappa shape index (κ1) is 16.0. The van der Waals surface area contributed by atoms with Crippen LogP contribution in [-0.2, 0) is 0 Å². The maximum Gasteiger partial charge on any atom is 0.129 e. The van der Waals surface area contributed by atoms with Crippen molar-refractivity contribution < 1.29 is 4.39 Å². The molecule has 1 N–H and O–H groups in total. The summed E-state index contributed by atoms with van der Waals surface area (Å²) < 4.78 is 13.9. The quantitative estimate of drug-likeness (QED) is 0.841. The molecule has 0 bridgehead atoms. The molecule has 1 aromatic carbocycles. The smallest absolute Gasteiger partial charge is 0.129 e. The number of piperazine rings is 1. The Balaban J connectivity index is 0.00000162. The topological polar surface area (TPSA) is 15.3 Å². The van der Waals surface area contributed by atoms with E-state index in [0.29, 0.717) is 15.6 Å². The van der Waals surface area contributed by atoms with Gasteiger partial charge in [0.2, 0.25) is 0 Å². The average molecular weight is 314 g/mol. The normalized spacial score (nSPS) is 18.2. The van der Waals surface area contributed by atoms with Crippen molar-refractivity contribution in [3.63, 3.8) is 0 Å². The summed E-state index contributed by atoms with van der Waals surface area (Å²) in [6.45, 7) is 5.59. The van der Waals surface area contributed by atoms with Crippen LogP contribution >= 0.6 is 35.6 Å². The highest BCUT2D eigenvalue weighted by Gasteiger charge is 2.23. The fourth-order valence-corrected chi connectivity index (χ4v) is 2.65. The van der Waals surface area contributed by atoms with Crippen molar-refractivity contribution in [3.05, 3.63) is 33.6 Å². The maximum atomic E-state index is 13.9. The predicted molar refractivity (Wildman–Crippen MR) is 76.5 cm³/mol. The van der Waals surface area contributed by atoms with Crippen molar-refractivity contribution in [3.8, 4) is 0 Å². The summed E-state index contributed by atoms with van der Waals surface area (Å²) in [4.78, 5) is 2.21. The van der Waals surface area contributed by atoms with Crippen LogP contribution in [0.3, 0.4) is 0 Å². The predicted octanol–water partition coefficient (Wildman–Crippen LogP) is 3.52. The highest BCUT2D eigenvalue weighted by Crippen LogP contribution is 2.34. The molecule has 0 aliphatic carbocycles. The highest BCUT2D eigenvalue weighted by molar-refractivity contribution is 6.42. The first-order chi connectivity index (χ1) is 8.11. The second kappa shape index (κ2) is 6.92. The zero-order valence-corrected chi connectivity index (χ0v) is 12.4. The Morgan fingerprint density at radius 3 is 2.50 bits per heavy atom. The summed E-state index contributed by atoms with van der Waals surface area (Å²) in [5.41, 5.74) is 0.501. The lowest BCUT2D eigenvalue weighted by atomic mass is 10.1. The summed E-state index contributed by atoms with van der Waals surface area (Å²) >= 11 is 12.0. The number of halogens is 4. The monoisotopic (exact) mass is 312 g/mol. The minimum atomic E-state index is -0.287. The zero-order chi connectivity index (χ0) is 12.4. The van der Waals surface area contributed by atoms with Gasteiger partial charge in [-0.15, -0.1) is 12.4 Å². The average Bonchev–Trinajstić information content (AvgIpc) is 2.35. The van der Waals surface area contributed by atoms with Gasteiger partial charge in [-0.25, -0.2) is 4.39 Å². The summed E-state index contributed by atoms with van der Waals surface area (Å²) in [7, 11) is 0. The number of benzene rings is 1. The zero-order valence-electron chi connectivity index (χ0n) is 10.0. The van der Waals surface area contributed by atoms with Crippen LogP contribution < -0.4 is 5.32 Å². The van der Waals surface area contributed by atoms with E-state index in [2.05, 4.69) is 10.2 Å². The minimum Gasteiger partial charge on any atom is -0.314 e. The first-order valence-corrected chi connectivity index (χ1v) is 6.45. The van der Waals surface area contributed by atoms with E-state index >= 15 is 0 Å². The van der Waals surface area contributed by atoms with Gasteiger partial charge in [0.1, 0.15) is 5.82 Å². The molecule has 1 fully saturated rings. The fraction of sp³-hybridized carbons (Fsp3) is 0.500. The highest BCUT2D eigenvalue weighted by atomic mass is 35.5. The van der Waals surface area contributed by atoms with Gasteiger partial charge in [-0.05, 0) is 19.1 Å². The molecular weight excluding hydrogens is 298 g/mol. The Hall–Kier alpha value is -0.0600. The van der Waals surface area contributed by atoms with Crippen LogP contribution in [0, 0.1) is 5.82 Å². The van der Waals surface area contributed by atoms with E-state index in [1.54, 1.807) is 0 Å². The molecule has 6 heteroatoms. The molecule has 0 spiro atoms. The molecule has 102 valence electrons. The number of hydrogen-bond acceptors (Lipinski definition) is 2. The van der Waals surface area contributed by atoms with Gasteiger partial charge in [-0.2, -0.15) is 0 Å². The van der Waals surface area contributed by atoms with Crippen LogP contribution in [0.4, 0.5) is 4.39 Å². The van der Waals surface area contributed by atoms with Crippen molar-refractivity contribution in [2.24, 2.45) is 0 Å². The minimum absolute atomic E-state index is 0. The third-order valence-electron chi connectivity index (χ3n) is 3.20. The molecule has 1 atom stereocenters. The molecule has 2 nitrogen and oxygen atoms in total. The van der Waals surface area contributed by atoms with E-state index < -0.39 is 0 Å². The Morgan fingerprint density at radius 2 is 1.89 bits per heavy atom. The molecule has 0 radical (unpaired) electrons. The van der Waals surface area contributed by atoms with Crippen LogP contribution in [0.25, 0.3) is 0 Å². The van der Waals surface area contributed by atoms with Gasteiger partial charge in [-0.1, -0.05) is 23.2 Å². The molecule has 0 unspecified atom stereocenters. The SMILES string of the molecule is C[C@@H](c1c(F)ccc(Cl)c1Cl)N1CCNCC1.Cl. The largest absolute Gasteiger partial charge is 0.314 e. The lowest BCUT2D eigenvalue weighted by Crippen LogP contribution is -2.44. The molecule has 2 rings (SSSR count). The fourth-order valence-electron chi connectivity index (χ4n) is 2.18. The molecule has 1 heterocycles. The number of nitrogens with zero attached hydrogens (tertiary/aromatic N) is 1. The van der Waals surface area contributed by atoms with Crippen molar-refractivity contribution in [2.45, 2.75) is 13.0 Å². The number of hydrogen-bond donors (Lipinski definition) is 1. The standard InChI is InChI=1S/C12H15Cl2FN2.ClH/c1-8(17-6-4-16-5-7-17)11-10(15)3-2-9(13)12(11)14;/h2-3,8,16H,4-7H2,1H3;1H/t8-;/m0./s1. The number of rotatable bonds is 2. The van der Waals surface area contributed by atoms with E-state index in [-0.39, 0.29) is 24.3 Å². The van der Waals surface area contributed by atoms with Gasteiger partial charge in [0.25, 0.3) is 0 Å². The van der Waals surface area contributed by atoms with E-state index in [0.717, 1.165) is 26.2 Å². The van der Waals surface area contributed by atoms with Gasteiger partial charge < -0.3 is 5.32 Å². The molecule has 1 aromatic rings. The number of nitrogens with one attached hydrogen (secondary N) is 1. The van der Waals surface area contributed by atoms with Crippen LogP contribution in [0.1, 0.15) is 18.5 Å². The maximum absolute atomic E-state index is 13.9. The first-order valence-electron chi connectivity index (χ1n) is 5.69. The Labute approximate surface area is 123 Å². The Kier molecular flexibility index (Phi) is 6.15. The van der Waals surface area contributed by atoms with Crippen LogP contribution in [0.5, 0.6) is 0 Å². The van der Waals surface area contributed by atoms with E-state index in [1.807, 2.05) is 6.92 Å². The second-order valence-electron chi connectivity index (χ2n) is 4.22.